The zero-order chi connectivity index (χ0) is 13.2. The number of rotatable bonds is 2. The van der Waals surface area contributed by atoms with E-state index in [-0.39, 0.29) is 5.75 Å². The molecule has 1 heterocycles. The average Bonchev–Trinajstić information content (AvgIpc) is 2.93. The highest BCUT2D eigenvalue weighted by atomic mass is 35.5. The van der Waals surface area contributed by atoms with E-state index in [9.17, 15) is 5.11 Å². The van der Waals surface area contributed by atoms with Gasteiger partial charge in [0.2, 0.25) is 0 Å². The van der Waals surface area contributed by atoms with Gasteiger partial charge in [-0.1, -0.05) is 24.4 Å². The van der Waals surface area contributed by atoms with E-state index in [1.54, 1.807) is 24.3 Å². The molecule has 98 valence electrons. The molecule has 19 heavy (non-hydrogen) atoms. The van der Waals surface area contributed by atoms with Crippen molar-refractivity contribution in [3.63, 3.8) is 0 Å². The number of benzene rings is 1. The Kier molecular flexibility index (Phi) is 3.38. The van der Waals surface area contributed by atoms with Gasteiger partial charge in [0.15, 0.2) is 5.82 Å². The Morgan fingerprint density at radius 1 is 1.05 bits per heavy atom. The molecule has 1 aliphatic rings. The van der Waals surface area contributed by atoms with Crippen LogP contribution in [0.5, 0.6) is 5.75 Å². The van der Waals surface area contributed by atoms with Gasteiger partial charge in [-0.15, -0.1) is 0 Å². The van der Waals surface area contributed by atoms with Crippen molar-refractivity contribution in [3.05, 3.63) is 41.2 Å². The molecule has 4 heteroatoms. The van der Waals surface area contributed by atoms with Gasteiger partial charge in [0, 0.05) is 17.2 Å². The molecule has 0 saturated heterocycles. The molecule has 3 rings (SSSR count). The molecular weight excluding hydrogens is 260 g/mol. The molecule has 1 N–H and O–H groups in total. The third kappa shape index (κ3) is 2.71. The molecular formula is C15H15ClN2O. The maximum Gasteiger partial charge on any atom is 0.161 e. The number of halogens is 1. The van der Waals surface area contributed by atoms with Gasteiger partial charge in [-0.2, -0.15) is 0 Å². The van der Waals surface area contributed by atoms with Gasteiger partial charge in [0.05, 0.1) is 0 Å². The topological polar surface area (TPSA) is 46.0 Å². The maximum atomic E-state index is 9.32. The van der Waals surface area contributed by atoms with E-state index < -0.39 is 0 Å². The lowest BCUT2D eigenvalue weighted by Crippen LogP contribution is -2.00. The number of aromatic nitrogens is 2. The van der Waals surface area contributed by atoms with Crippen molar-refractivity contribution in [1.29, 1.82) is 0 Å². The smallest absolute Gasteiger partial charge is 0.161 e. The van der Waals surface area contributed by atoms with Crippen molar-refractivity contribution in [2.24, 2.45) is 0 Å². The molecule has 0 bridgehead atoms. The number of aromatic hydroxyl groups is 1. The summed E-state index contributed by atoms with van der Waals surface area (Å²) in [5.74, 6) is 1.38. The van der Waals surface area contributed by atoms with E-state index in [1.807, 2.05) is 6.07 Å². The maximum absolute atomic E-state index is 9.32. The molecule has 0 unspecified atom stereocenters. The molecule has 1 saturated carbocycles. The van der Waals surface area contributed by atoms with Crippen LogP contribution >= 0.6 is 11.6 Å². The van der Waals surface area contributed by atoms with Crippen LogP contribution < -0.4 is 0 Å². The number of hydrogen-bond acceptors (Lipinski definition) is 3. The average molecular weight is 275 g/mol. The minimum Gasteiger partial charge on any atom is -0.508 e. The number of phenols is 1. The van der Waals surface area contributed by atoms with Crippen molar-refractivity contribution < 1.29 is 5.11 Å². The van der Waals surface area contributed by atoms with Gasteiger partial charge in [-0.05, 0) is 43.2 Å². The van der Waals surface area contributed by atoms with Crippen LogP contribution in [0.1, 0.15) is 37.3 Å². The van der Waals surface area contributed by atoms with Gasteiger partial charge >= 0.3 is 0 Å². The monoisotopic (exact) mass is 274 g/mol. The lowest BCUT2D eigenvalue weighted by atomic mass is 10.0. The first kappa shape index (κ1) is 12.4. The lowest BCUT2D eigenvalue weighted by molar-refractivity contribution is 0.475. The molecule has 0 radical (unpaired) electrons. The summed E-state index contributed by atoms with van der Waals surface area (Å²) in [6.07, 6.45) is 4.90. The third-order valence-electron chi connectivity index (χ3n) is 3.61. The Balaban J connectivity index is 1.99. The van der Waals surface area contributed by atoms with Gasteiger partial charge < -0.3 is 5.11 Å². The quantitative estimate of drug-likeness (QED) is 0.837. The fourth-order valence-corrected chi connectivity index (χ4v) is 2.80. The zero-order valence-corrected chi connectivity index (χ0v) is 11.3. The molecule has 1 fully saturated rings. The van der Waals surface area contributed by atoms with Crippen LogP contribution in [0.2, 0.25) is 5.15 Å². The van der Waals surface area contributed by atoms with Gasteiger partial charge in [-0.3, -0.25) is 0 Å². The van der Waals surface area contributed by atoms with E-state index in [2.05, 4.69) is 9.97 Å². The first-order valence-corrected chi connectivity index (χ1v) is 6.94. The molecule has 1 aromatic heterocycles. The lowest BCUT2D eigenvalue weighted by Gasteiger charge is -2.10. The Morgan fingerprint density at radius 3 is 2.42 bits per heavy atom. The van der Waals surface area contributed by atoms with Crippen molar-refractivity contribution in [2.75, 3.05) is 0 Å². The first-order chi connectivity index (χ1) is 9.22. The van der Waals surface area contributed by atoms with E-state index in [1.165, 1.54) is 25.7 Å². The van der Waals surface area contributed by atoms with Crippen LogP contribution in [-0.4, -0.2) is 15.1 Å². The van der Waals surface area contributed by atoms with Crippen molar-refractivity contribution in [1.82, 2.24) is 9.97 Å². The largest absolute Gasteiger partial charge is 0.508 e. The van der Waals surface area contributed by atoms with E-state index in [4.69, 9.17) is 11.6 Å². The minimum atomic E-state index is 0.238. The SMILES string of the molecule is Oc1ccc(-c2nc(Cl)cc(C3CCCC3)n2)cc1. The molecule has 3 nitrogen and oxygen atoms in total. The van der Waals surface area contributed by atoms with Gasteiger partial charge in [0.1, 0.15) is 10.9 Å². The molecule has 0 aliphatic heterocycles. The highest BCUT2D eigenvalue weighted by Crippen LogP contribution is 2.34. The summed E-state index contributed by atoms with van der Waals surface area (Å²) in [5.41, 5.74) is 1.92. The normalized spacial score (nSPS) is 15.8. The summed E-state index contributed by atoms with van der Waals surface area (Å²) in [7, 11) is 0. The number of phenolic OH excluding ortho intramolecular Hbond substituents is 1. The Morgan fingerprint density at radius 2 is 1.74 bits per heavy atom. The number of hydrogen-bond donors (Lipinski definition) is 1. The molecule has 0 spiro atoms. The molecule has 2 aromatic rings. The zero-order valence-electron chi connectivity index (χ0n) is 10.5. The summed E-state index contributed by atoms with van der Waals surface area (Å²) in [6.45, 7) is 0. The van der Waals surface area contributed by atoms with Gasteiger partial charge in [0.25, 0.3) is 0 Å². The van der Waals surface area contributed by atoms with Crippen LogP contribution in [0.15, 0.2) is 30.3 Å². The Labute approximate surface area is 117 Å². The van der Waals surface area contributed by atoms with Crippen molar-refractivity contribution in [3.8, 4) is 17.1 Å². The van der Waals surface area contributed by atoms with Gasteiger partial charge in [-0.25, -0.2) is 9.97 Å². The number of nitrogens with zero attached hydrogens (tertiary/aromatic N) is 2. The van der Waals surface area contributed by atoms with Crippen LogP contribution in [0.3, 0.4) is 0 Å². The summed E-state index contributed by atoms with van der Waals surface area (Å²) >= 11 is 6.11. The fraction of sp³-hybridized carbons (Fsp3) is 0.333. The van der Waals surface area contributed by atoms with Crippen LogP contribution in [0.4, 0.5) is 0 Å². The minimum absolute atomic E-state index is 0.238. The highest BCUT2D eigenvalue weighted by Gasteiger charge is 2.20. The summed E-state index contributed by atoms with van der Waals surface area (Å²) < 4.78 is 0. The van der Waals surface area contributed by atoms with Crippen LogP contribution in [-0.2, 0) is 0 Å². The van der Waals surface area contributed by atoms with Crippen LogP contribution in [0, 0.1) is 0 Å². The first-order valence-electron chi connectivity index (χ1n) is 6.56. The summed E-state index contributed by atoms with van der Waals surface area (Å²) in [4.78, 5) is 8.92. The van der Waals surface area contributed by atoms with E-state index >= 15 is 0 Å². The standard InChI is InChI=1S/C15H15ClN2O/c16-14-9-13(10-3-1-2-4-10)17-15(18-14)11-5-7-12(19)8-6-11/h5-10,19H,1-4H2. The second-order valence-electron chi connectivity index (χ2n) is 4.97. The van der Waals surface area contributed by atoms with E-state index in [0.29, 0.717) is 16.9 Å². The predicted molar refractivity (Wildman–Crippen MR) is 75.4 cm³/mol. The summed E-state index contributed by atoms with van der Waals surface area (Å²) in [6, 6.07) is 8.75. The highest BCUT2D eigenvalue weighted by molar-refractivity contribution is 6.29. The molecule has 1 aliphatic carbocycles. The molecule has 1 aromatic carbocycles. The second kappa shape index (κ2) is 5.17. The third-order valence-corrected chi connectivity index (χ3v) is 3.81. The molecule has 0 atom stereocenters. The Hall–Kier alpha value is -1.61. The fourth-order valence-electron chi connectivity index (χ4n) is 2.61. The van der Waals surface area contributed by atoms with Crippen LogP contribution in [0.25, 0.3) is 11.4 Å². The predicted octanol–water partition coefficient (Wildman–Crippen LogP) is 4.16. The van der Waals surface area contributed by atoms with Crippen molar-refractivity contribution in [2.45, 2.75) is 31.6 Å². The Bertz CT molecular complexity index is 577. The van der Waals surface area contributed by atoms with E-state index in [0.717, 1.165) is 11.3 Å². The molecule has 0 amide bonds. The second-order valence-corrected chi connectivity index (χ2v) is 5.35. The summed E-state index contributed by atoms with van der Waals surface area (Å²) in [5, 5.41) is 9.80. The van der Waals surface area contributed by atoms with Crippen molar-refractivity contribution >= 4 is 11.6 Å².